The van der Waals surface area contributed by atoms with Gasteiger partial charge in [-0.2, -0.15) is 0 Å². The van der Waals surface area contributed by atoms with Crippen LogP contribution in [0.25, 0.3) is 10.8 Å². The predicted octanol–water partition coefficient (Wildman–Crippen LogP) is 4.28. The van der Waals surface area contributed by atoms with Crippen LogP contribution in [0.15, 0.2) is 60.7 Å². The summed E-state index contributed by atoms with van der Waals surface area (Å²) in [4.78, 5) is 14.1. The van der Waals surface area contributed by atoms with E-state index >= 15 is 0 Å². The molecular weight excluding hydrogens is 354 g/mol. The number of carbonyl (C=O) groups is 1. The van der Waals surface area contributed by atoms with Crippen LogP contribution in [0.1, 0.15) is 12.5 Å². The van der Waals surface area contributed by atoms with Crippen LogP contribution < -0.4 is 14.2 Å². The molecule has 0 aromatic heterocycles. The molecule has 3 aromatic carbocycles. The summed E-state index contributed by atoms with van der Waals surface area (Å²) in [5, 5.41) is 2.22. The second-order valence-corrected chi connectivity index (χ2v) is 6.49. The topological polar surface area (TPSA) is 48.0 Å². The van der Waals surface area contributed by atoms with Crippen molar-refractivity contribution in [1.82, 2.24) is 4.90 Å². The first kappa shape index (κ1) is 19.5. The summed E-state index contributed by atoms with van der Waals surface area (Å²) in [6.45, 7) is 3.07. The van der Waals surface area contributed by atoms with Gasteiger partial charge >= 0.3 is 0 Å². The number of rotatable bonds is 8. The molecule has 0 saturated carbocycles. The third-order valence-corrected chi connectivity index (χ3v) is 4.45. The smallest absolute Gasteiger partial charge is 0.260 e. The average molecular weight is 379 g/mol. The highest BCUT2D eigenvalue weighted by Gasteiger charge is 2.11. The lowest BCUT2D eigenvalue weighted by Crippen LogP contribution is -2.30. The van der Waals surface area contributed by atoms with Crippen LogP contribution in [-0.2, 0) is 11.3 Å². The number of fused-ring (bicyclic) bond motifs is 1. The Morgan fingerprint density at radius 3 is 2.14 bits per heavy atom. The molecule has 0 heterocycles. The largest absolute Gasteiger partial charge is 0.497 e. The van der Waals surface area contributed by atoms with Gasteiger partial charge in [-0.1, -0.05) is 18.2 Å². The molecule has 0 radical (unpaired) electrons. The molecule has 0 spiro atoms. The Kier molecular flexibility index (Phi) is 6.37. The molecule has 28 heavy (non-hydrogen) atoms. The summed E-state index contributed by atoms with van der Waals surface area (Å²) in [6.07, 6.45) is 0. The van der Waals surface area contributed by atoms with E-state index in [0.29, 0.717) is 18.9 Å². The minimum Gasteiger partial charge on any atom is -0.497 e. The van der Waals surface area contributed by atoms with E-state index in [1.54, 1.807) is 31.2 Å². The van der Waals surface area contributed by atoms with Crippen molar-refractivity contribution in [3.8, 4) is 17.2 Å². The molecule has 0 N–H and O–H groups in total. The van der Waals surface area contributed by atoms with Gasteiger partial charge in [0.15, 0.2) is 6.61 Å². The number of hydrogen-bond donors (Lipinski definition) is 0. The van der Waals surface area contributed by atoms with E-state index in [1.807, 2.05) is 49.4 Å². The normalized spacial score (nSPS) is 10.5. The van der Waals surface area contributed by atoms with Crippen LogP contribution in [0.2, 0.25) is 0 Å². The van der Waals surface area contributed by atoms with Gasteiger partial charge in [0.1, 0.15) is 17.2 Å². The zero-order valence-corrected chi connectivity index (χ0v) is 16.5. The molecule has 3 aromatic rings. The summed E-state index contributed by atoms with van der Waals surface area (Å²) in [6, 6.07) is 19.4. The third-order valence-electron chi connectivity index (χ3n) is 4.45. The zero-order chi connectivity index (χ0) is 19.9. The quantitative estimate of drug-likeness (QED) is 0.586. The Hall–Kier alpha value is -3.21. The van der Waals surface area contributed by atoms with Crippen molar-refractivity contribution in [3.05, 3.63) is 66.2 Å². The van der Waals surface area contributed by atoms with E-state index in [0.717, 1.165) is 27.8 Å². The SMILES string of the molecule is CCOc1ccc(OCC(=O)N(C)Cc2ccc3cc(OC)ccc3c2)cc1. The molecule has 1 amide bonds. The van der Waals surface area contributed by atoms with Crippen molar-refractivity contribution < 1.29 is 19.0 Å². The highest BCUT2D eigenvalue weighted by Crippen LogP contribution is 2.22. The number of methoxy groups -OCH3 is 1. The van der Waals surface area contributed by atoms with E-state index in [4.69, 9.17) is 14.2 Å². The van der Waals surface area contributed by atoms with Crippen LogP contribution in [0, 0.1) is 0 Å². The fraction of sp³-hybridized carbons (Fsp3) is 0.261. The van der Waals surface area contributed by atoms with Gasteiger partial charge in [0.25, 0.3) is 5.91 Å². The molecule has 0 saturated heterocycles. The van der Waals surface area contributed by atoms with Gasteiger partial charge in [-0.05, 0) is 65.7 Å². The van der Waals surface area contributed by atoms with Crippen LogP contribution in [-0.4, -0.2) is 38.2 Å². The van der Waals surface area contributed by atoms with Crippen LogP contribution >= 0.6 is 0 Å². The molecule has 146 valence electrons. The van der Waals surface area contributed by atoms with Gasteiger partial charge in [0, 0.05) is 13.6 Å². The van der Waals surface area contributed by atoms with Crippen molar-refractivity contribution in [1.29, 1.82) is 0 Å². The lowest BCUT2D eigenvalue weighted by Gasteiger charge is -2.18. The number of amides is 1. The van der Waals surface area contributed by atoms with Crippen molar-refractivity contribution in [2.45, 2.75) is 13.5 Å². The Bertz CT molecular complexity index is 937. The monoisotopic (exact) mass is 379 g/mol. The van der Waals surface area contributed by atoms with Gasteiger partial charge in [0.05, 0.1) is 13.7 Å². The zero-order valence-electron chi connectivity index (χ0n) is 16.5. The highest BCUT2D eigenvalue weighted by atomic mass is 16.5. The second-order valence-electron chi connectivity index (χ2n) is 6.49. The van der Waals surface area contributed by atoms with Gasteiger partial charge < -0.3 is 19.1 Å². The van der Waals surface area contributed by atoms with Gasteiger partial charge in [-0.25, -0.2) is 0 Å². The number of hydrogen-bond acceptors (Lipinski definition) is 4. The summed E-state index contributed by atoms with van der Waals surface area (Å²) in [5.41, 5.74) is 1.06. The number of carbonyl (C=O) groups excluding carboxylic acids is 1. The number of benzene rings is 3. The minimum atomic E-state index is -0.0799. The van der Waals surface area contributed by atoms with Crippen molar-refractivity contribution in [2.24, 2.45) is 0 Å². The summed E-state index contributed by atoms with van der Waals surface area (Å²) >= 11 is 0. The fourth-order valence-electron chi connectivity index (χ4n) is 2.91. The van der Waals surface area contributed by atoms with E-state index < -0.39 is 0 Å². The molecule has 0 unspecified atom stereocenters. The molecule has 0 atom stereocenters. The minimum absolute atomic E-state index is 0.00470. The third kappa shape index (κ3) is 4.94. The number of likely N-dealkylation sites (N-methyl/N-ethyl adjacent to an activating group) is 1. The molecule has 0 aliphatic carbocycles. The lowest BCUT2D eigenvalue weighted by molar-refractivity contribution is -0.132. The molecule has 0 aliphatic rings. The molecule has 3 rings (SSSR count). The Labute approximate surface area is 165 Å². The van der Waals surface area contributed by atoms with Crippen molar-refractivity contribution >= 4 is 16.7 Å². The first-order chi connectivity index (χ1) is 13.6. The maximum atomic E-state index is 12.4. The van der Waals surface area contributed by atoms with Gasteiger partial charge in [-0.15, -0.1) is 0 Å². The van der Waals surface area contributed by atoms with Gasteiger partial charge in [-0.3, -0.25) is 4.79 Å². The number of nitrogens with zero attached hydrogens (tertiary/aromatic N) is 1. The van der Waals surface area contributed by atoms with E-state index in [-0.39, 0.29) is 12.5 Å². The van der Waals surface area contributed by atoms with E-state index in [2.05, 4.69) is 6.07 Å². The number of ether oxygens (including phenoxy) is 3. The Balaban J connectivity index is 1.56. The van der Waals surface area contributed by atoms with Crippen LogP contribution in [0.4, 0.5) is 0 Å². The van der Waals surface area contributed by atoms with E-state index in [9.17, 15) is 4.79 Å². The average Bonchev–Trinajstić information content (AvgIpc) is 2.72. The summed E-state index contributed by atoms with van der Waals surface area (Å²) in [5.74, 6) is 2.18. The molecule has 5 heteroatoms. The molecule has 0 aliphatic heterocycles. The Morgan fingerprint density at radius 2 is 1.46 bits per heavy atom. The molecule has 0 bridgehead atoms. The standard InChI is InChI=1S/C23H25NO4/c1-4-27-20-9-11-21(12-10-20)28-16-23(25)24(2)15-17-5-6-19-14-22(26-3)8-7-18(19)13-17/h5-14H,4,15-16H2,1-3H3. The maximum Gasteiger partial charge on any atom is 0.260 e. The fourth-order valence-corrected chi connectivity index (χ4v) is 2.91. The van der Waals surface area contributed by atoms with Crippen molar-refractivity contribution in [3.63, 3.8) is 0 Å². The highest BCUT2D eigenvalue weighted by molar-refractivity contribution is 5.84. The Morgan fingerprint density at radius 1 is 0.857 bits per heavy atom. The molecule has 5 nitrogen and oxygen atoms in total. The maximum absolute atomic E-state index is 12.4. The molecule has 0 fully saturated rings. The first-order valence-corrected chi connectivity index (χ1v) is 9.25. The van der Waals surface area contributed by atoms with Gasteiger partial charge in [0.2, 0.25) is 0 Å². The van der Waals surface area contributed by atoms with E-state index in [1.165, 1.54) is 0 Å². The van der Waals surface area contributed by atoms with Crippen LogP contribution in [0.5, 0.6) is 17.2 Å². The second kappa shape index (κ2) is 9.13. The summed E-state index contributed by atoms with van der Waals surface area (Å²) in [7, 11) is 3.44. The first-order valence-electron chi connectivity index (χ1n) is 9.25. The van der Waals surface area contributed by atoms with Crippen molar-refractivity contribution in [2.75, 3.05) is 27.4 Å². The van der Waals surface area contributed by atoms with Crippen LogP contribution in [0.3, 0.4) is 0 Å². The lowest BCUT2D eigenvalue weighted by atomic mass is 10.1. The molecular formula is C23H25NO4. The summed E-state index contributed by atoms with van der Waals surface area (Å²) < 4.78 is 16.2. The predicted molar refractivity (Wildman–Crippen MR) is 110 cm³/mol.